The van der Waals surface area contributed by atoms with E-state index in [2.05, 4.69) is 23.1 Å². The van der Waals surface area contributed by atoms with E-state index in [1.807, 2.05) is 7.05 Å². The smallest absolute Gasteiger partial charge is 0.227 e. The van der Waals surface area contributed by atoms with Crippen molar-refractivity contribution >= 4 is 11.8 Å². The Morgan fingerprint density at radius 1 is 1.12 bits per heavy atom. The summed E-state index contributed by atoms with van der Waals surface area (Å²) in [4.78, 5) is 28.2. The van der Waals surface area contributed by atoms with Crippen molar-refractivity contribution in [3.8, 4) is 0 Å². The van der Waals surface area contributed by atoms with Crippen molar-refractivity contribution in [1.82, 2.24) is 9.80 Å². The fraction of sp³-hybridized carbons (Fsp3) is 0.579. The number of carbonyl (C=O) groups excluding carboxylic acids is 2. The molecular weight excluding hydrogens is 302 g/mol. The molecule has 1 heterocycles. The average Bonchev–Trinajstić information content (AvgIpc) is 2.77. The summed E-state index contributed by atoms with van der Waals surface area (Å²) in [5.74, 6) is -0.521. The molecule has 0 unspecified atom stereocenters. The summed E-state index contributed by atoms with van der Waals surface area (Å²) in [5, 5.41) is 0. The fourth-order valence-electron chi connectivity index (χ4n) is 3.76. The van der Waals surface area contributed by atoms with E-state index in [1.165, 1.54) is 24.0 Å². The SMILES string of the molecule is CN1CCN(C(=O)Cc2ccc3c(c2)CCCC3)C[C@@H](C(N)=O)C1. The van der Waals surface area contributed by atoms with Gasteiger partial charge in [-0.05, 0) is 49.4 Å². The number of aryl methyl sites for hydroxylation is 2. The molecule has 2 amide bonds. The Labute approximate surface area is 143 Å². The molecule has 0 spiro atoms. The molecule has 0 saturated carbocycles. The maximum absolute atomic E-state index is 12.7. The van der Waals surface area contributed by atoms with Gasteiger partial charge in [-0.15, -0.1) is 0 Å². The van der Waals surface area contributed by atoms with Crippen molar-refractivity contribution in [3.63, 3.8) is 0 Å². The number of rotatable bonds is 3. The van der Waals surface area contributed by atoms with E-state index < -0.39 is 0 Å². The van der Waals surface area contributed by atoms with Gasteiger partial charge in [0.05, 0.1) is 12.3 Å². The normalized spacial score (nSPS) is 21.9. The summed E-state index contributed by atoms with van der Waals surface area (Å²) in [6, 6.07) is 6.46. The van der Waals surface area contributed by atoms with Gasteiger partial charge in [0.25, 0.3) is 0 Å². The van der Waals surface area contributed by atoms with E-state index in [-0.39, 0.29) is 17.7 Å². The number of likely N-dealkylation sites (N-methyl/N-ethyl adjacent to an activating group) is 1. The van der Waals surface area contributed by atoms with Crippen LogP contribution in [0.5, 0.6) is 0 Å². The van der Waals surface area contributed by atoms with Gasteiger partial charge in [-0.3, -0.25) is 9.59 Å². The van der Waals surface area contributed by atoms with Gasteiger partial charge in [0.15, 0.2) is 0 Å². The van der Waals surface area contributed by atoms with Gasteiger partial charge in [0.1, 0.15) is 0 Å². The second-order valence-corrected chi connectivity index (χ2v) is 7.19. The highest BCUT2D eigenvalue weighted by Gasteiger charge is 2.27. The Balaban J connectivity index is 1.68. The summed E-state index contributed by atoms with van der Waals surface area (Å²) in [6.07, 6.45) is 5.19. The van der Waals surface area contributed by atoms with Crippen molar-refractivity contribution < 1.29 is 9.59 Å². The number of fused-ring (bicyclic) bond motifs is 1. The van der Waals surface area contributed by atoms with E-state index >= 15 is 0 Å². The van der Waals surface area contributed by atoms with E-state index in [0.717, 1.165) is 24.9 Å². The lowest BCUT2D eigenvalue weighted by Crippen LogP contribution is -2.40. The lowest BCUT2D eigenvalue weighted by Gasteiger charge is -2.23. The Kier molecular flexibility index (Phi) is 5.19. The molecule has 1 aliphatic carbocycles. The predicted molar refractivity (Wildman–Crippen MR) is 93.5 cm³/mol. The number of primary amides is 1. The predicted octanol–water partition coefficient (Wildman–Crippen LogP) is 0.983. The Bertz CT molecular complexity index is 629. The molecule has 1 fully saturated rings. The number of benzene rings is 1. The first-order valence-electron chi connectivity index (χ1n) is 8.89. The van der Waals surface area contributed by atoms with Crippen molar-refractivity contribution in [2.75, 3.05) is 33.2 Å². The highest BCUT2D eigenvalue weighted by atomic mass is 16.2. The molecular formula is C19H27N3O2. The molecule has 24 heavy (non-hydrogen) atoms. The van der Waals surface area contributed by atoms with Gasteiger partial charge in [-0.1, -0.05) is 18.2 Å². The lowest BCUT2D eigenvalue weighted by atomic mass is 9.90. The van der Waals surface area contributed by atoms with Gasteiger partial charge in [-0.25, -0.2) is 0 Å². The van der Waals surface area contributed by atoms with Gasteiger partial charge in [-0.2, -0.15) is 0 Å². The first-order chi connectivity index (χ1) is 11.5. The third-order valence-corrected chi connectivity index (χ3v) is 5.25. The molecule has 1 aromatic rings. The number of hydrogen-bond donors (Lipinski definition) is 1. The summed E-state index contributed by atoms with van der Waals surface area (Å²) in [5.41, 5.74) is 9.40. The molecule has 5 heteroatoms. The monoisotopic (exact) mass is 329 g/mol. The minimum Gasteiger partial charge on any atom is -0.369 e. The Hall–Kier alpha value is -1.88. The number of hydrogen-bond acceptors (Lipinski definition) is 3. The molecule has 0 radical (unpaired) electrons. The first-order valence-corrected chi connectivity index (χ1v) is 8.89. The molecule has 2 aliphatic rings. The molecule has 5 nitrogen and oxygen atoms in total. The van der Waals surface area contributed by atoms with Crippen LogP contribution in [0.1, 0.15) is 29.5 Å². The van der Waals surface area contributed by atoms with E-state index in [1.54, 1.807) is 4.90 Å². The topological polar surface area (TPSA) is 66.6 Å². The van der Waals surface area contributed by atoms with Crippen LogP contribution in [0.25, 0.3) is 0 Å². The zero-order chi connectivity index (χ0) is 17.1. The van der Waals surface area contributed by atoms with Crippen LogP contribution in [0.4, 0.5) is 0 Å². The molecule has 3 rings (SSSR count). The van der Waals surface area contributed by atoms with Gasteiger partial charge >= 0.3 is 0 Å². The largest absolute Gasteiger partial charge is 0.369 e. The molecule has 1 saturated heterocycles. The van der Waals surface area contributed by atoms with Crippen LogP contribution >= 0.6 is 0 Å². The summed E-state index contributed by atoms with van der Waals surface area (Å²) in [7, 11) is 1.97. The number of nitrogens with zero attached hydrogens (tertiary/aromatic N) is 2. The third kappa shape index (κ3) is 3.96. The minimum absolute atomic E-state index is 0.0901. The zero-order valence-electron chi connectivity index (χ0n) is 14.5. The molecule has 2 N–H and O–H groups in total. The molecule has 130 valence electrons. The van der Waals surface area contributed by atoms with Crippen LogP contribution in [0, 0.1) is 5.92 Å². The quantitative estimate of drug-likeness (QED) is 0.899. The van der Waals surface area contributed by atoms with Crippen molar-refractivity contribution in [2.24, 2.45) is 11.7 Å². The zero-order valence-corrected chi connectivity index (χ0v) is 14.5. The van der Waals surface area contributed by atoms with Crippen LogP contribution in [-0.2, 0) is 28.9 Å². The molecule has 0 bridgehead atoms. The number of nitrogens with two attached hydrogens (primary N) is 1. The van der Waals surface area contributed by atoms with Crippen molar-refractivity contribution in [2.45, 2.75) is 32.1 Å². The maximum Gasteiger partial charge on any atom is 0.227 e. The van der Waals surface area contributed by atoms with Crippen LogP contribution in [-0.4, -0.2) is 54.8 Å². The Morgan fingerprint density at radius 3 is 2.62 bits per heavy atom. The van der Waals surface area contributed by atoms with Crippen LogP contribution in [0.3, 0.4) is 0 Å². The highest BCUT2D eigenvalue weighted by Crippen LogP contribution is 2.22. The molecule has 1 aromatic carbocycles. The van der Waals surface area contributed by atoms with Gasteiger partial charge in [0, 0.05) is 26.2 Å². The van der Waals surface area contributed by atoms with Crippen LogP contribution in [0.2, 0.25) is 0 Å². The van der Waals surface area contributed by atoms with Crippen LogP contribution < -0.4 is 5.73 Å². The third-order valence-electron chi connectivity index (χ3n) is 5.25. The fourth-order valence-corrected chi connectivity index (χ4v) is 3.76. The summed E-state index contributed by atoms with van der Waals surface area (Å²) >= 11 is 0. The van der Waals surface area contributed by atoms with E-state index in [4.69, 9.17) is 5.73 Å². The molecule has 0 aromatic heterocycles. The second-order valence-electron chi connectivity index (χ2n) is 7.19. The van der Waals surface area contributed by atoms with Gasteiger partial charge in [0.2, 0.25) is 11.8 Å². The molecule has 1 atom stereocenters. The maximum atomic E-state index is 12.7. The first kappa shape index (κ1) is 17.0. The summed E-state index contributed by atoms with van der Waals surface area (Å²) < 4.78 is 0. The van der Waals surface area contributed by atoms with E-state index in [0.29, 0.717) is 26.1 Å². The van der Waals surface area contributed by atoms with Crippen LogP contribution in [0.15, 0.2) is 18.2 Å². The van der Waals surface area contributed by atoms with E-state index in [9.17, 15) is 9.59 Å². The van der Waals surface area contributed by atoms with Crippen molar-refractivity contribution in [1.29, 1.82) is 0 Å². The Morgan fingerprint density at radius 2 is 1.88 bits per heavy atom. The average molecular weight is 329 g/mol. The number of amides is 2. The summed E-state index contributed by atoms with van der Waals surface area (Å²) in [6.45, 7) is 2.49. The molecule has 1 aliphatic heterocycles. The second kappa shape index (κ2) is 7.34. The minimum atomic E-state index is -0.324. The van der Waals surface area contributed by atoms with Crippen molar-refractivity contribution in [3.05, 3.63) is 34.9 Å². The standard InChI is InChI=1S/C19H27N3O2/c1-21-8-9-22(13-17(12-21)19(20)24)18(23)11-14-6-7-15-4-2-3-5-16(15)10-14/h6-7,10,17H,2-5,8-9,11-13H2,1H3,(H2,20,24)/t17-/m0/s1. The highest BCUT2D eigenvalue weighted by molar-refractivity contribution is 5.81. The lowest BCUT2D eigenvalue weighted by molar-refractivity contribution is -0.131. The number of carbonyl (C=O) groups is 2. The van der Waals surface area contributed by atoms with Gasteiger partial charge < -0.3 is 15.5 Å².